The molecule has 25 heavy (non-hydrogen) atoms. The lowest BCUT2D eigenvalue weighted by Crippen LogP contribution is -2.55. The van der Waals surface area contributed by atoms with Gasteiger partial charge in [-0.1, -0.05) is 48.0 Å². The van der Waals surface area contributed by atoms with Gasteiger partial charge in [0.2, 0.25) is 5.91 Å². The van der Waals surface area contributed by atoms with Gasteiger partial charge < -0.3 is 15.1 Å². The molecule has 2 aromatic rings. The Balaban J connectivity index is 1.72. The summed E-state index contributed by atoms with van der Waals surface area (Å²) in [7, 11) is 0. The second-order valence-electron chi connectivity index (χ2n) is 6.27. The van der Waals surface area contributed by atoms with Gasteiger partial charge in [-0.15, -0.1) is 0 Å². The molecule has 4 nitrogen and oxygen atoms in total. The first-order valence-electron chi connectivity index (χ1n) is 8.08. The van der Waals surface area contributed by atoms with Crippen molar-refractivity contribution in [1.29, 1.82) is 0 Å². The summed E-state index contributed by atoms with van der Waals surface area (Å²) < 4.78 is 13.9. The summed E-state index contributed by atoms with van der Waals surface area (Å²) in [5.74, 6) is -0.861. The summed E-state index contributed by atoms with van der Waals surface area (Å²) in [6, 6.07) is 13.2. The first-order valence-corrected chi connectivity index (χ1v) is 8.46. The van der Waals surface area contributed by atoms with Crippen LogP contribution in [-0.2, 0) is 16.8 Å². The highest BCUT2D eigenvalue weighted by Gasteiger charge is 2.43. The minimum atomic E-state index is -1.40. The van der Waals surface area contributed by atoms with E-state index in [1.807, 2.05) is 6.07 Å². The number of aliphatic hydroxyl groups is 2. The first kappa shape index (κ1) is 17.9. The van der Waals surface area contributed by atoms with Crippen LogP contribution >= 0.6 is 11.6 Å². The maximum Gasteiger partial charge on any atom is 0.227 e. The summed E-state index contributed by atoms with van der Waals surface area (Å²) in [6.07, 6.45) is -1.10. The largest absolute Gasteiger partial charge is 0.388 e. The van der Waals surface area contributed by atoms with Gasteiger partial charge in [0.1, 0.15) is 17.5 Å². The molecule has 2 atom stereocenters. The van der Waals surface area contributed by atoms with E-state index in [1.165, 1.54) is 23.1 Å². The van der Waals surface area contributed by atoms with E-state index in [-0.39, 0.29) is 42.4 Å². The number of piperidine rings is 1. The Morgan fingerprint density at radius 3 is 2.60 bits per heavy atom. The second kappa shape index (κ2) is 7.12. The molecule has 1 amide bonds. The zero-order chi connectivity index (χ0) is 18.0. The Hall–Kier alpha value is -1.95. The number of halogens is 2. The van der Waals surface area contributed by atoms with Crippen molar-refractivity contribution >= 4 is 17.5 Å². The smallest absolute Gasteiger partial charge is 0.227 e. The predicted molar refractivity (Wildman–Crippen MR) is 92.7 cm³/mol. The molecule has 1 aliphatic heterocycles. The molecule has 0 aromatic heterocycles. The summed E-state index contributed by atoms with van der Waals surface area (Å²) >= 11 is 5.97. The molecule has 1 saturated heterocycles. The van der Waals surface area contributed by atoms with Gasteiger partial charge >= 0.3 is 0 Å². The molecule has 0 radical (unpaired) electrons. The maximum absolute atomic E-state index is 13.9. The molecule has 1 heterocycles. The number of amides is 1. The highest BCUT2D eigenvalue weighted by molar-refractivity contribution is 6.31. The molecule has 1 aliphatic rings. The van der Waals surface area contributed by atoms with Gasteiger partial charge in [0.15, 0.2) is 0 Å². The zero-order valence-corrected chi connectivity index (χ0v) is 14.3. The third-order valence-electron chi connectivity index (χ3n) is 4.72. The highest BCUT2D eigenvalue weighted by Crippen LogP contribution is 2.33. The quantitative estimate of drug-likeness (QED) is 0.880. The third-order valence-corrected chi connectivity index (χ3v) is 5.08. The number of β-amino-alcohol motifs (C(OH)–C–C–N with tert-alkyl or cyclic N) is 1. The Bertz CT molecular complexity index is 750. The molecular formula is C19H19ClFNO3. The fourth-order valence-electron chi connectivity index (χ4n) is 3.18. The number of rotatable bonds is 3. The number of hydrogen-bond donors (Lipinski definition) is 2. The van der Waals surface area contributed by atoms with Crippen LogP contribution in [0.5, 0.6) is 0 Å². The van der Waals surface area contributed by atoms with Gasteiger partial charge in [-0.25, -0.2) is 4.39 Å². The lowest BCUT2D eigenvalue weighted by atomic mass is 9.82. The van der Waals surface area contributed by atoms with Gasteiger partial charge in [-0.05, 0) is 17.7 Å². The normalized spacial score (nSPS) is 23.5. The molecule has 132 valence electrons. The van der Waals surface area contributed by atoms with E-state index in [1.54, 1.807) is 24.3 Å². The van der Waals surface area contributed by atoms with Crippen LogP contribution in [0.15, 0.2) is 48.5 Å². The van der Waals surface area contributed by atoms with Crippen LogP contribution in [0.25, 0.3) is 0 Å². The van der Waals surface area contributed by atoms with Crippen molar-refractivity contribution in [3.05, 3.63) is 70.5 Å². The number of benzene rings is 2. The third kappa shape index (κ3) is 3.54. The van der Waals surface area contributed by atoms with Crippen molar-refractivity contribution in [1.82, 2.24) is 4.90 Å². The minimum Gasteiger partial charge on any atom is -0.388 e. The number of aliphatic hydroxyl groups excluding tert-OH is 1. The Labute approximate surface area is 150 Å². The maximum atomic E-state index is 13.9. The van der Waals surface area contributed by atoms with Crippen molar-refractivity contribution in [3.8, 4) is 0 Å². The second-order valence-corrected chi connectivity index (χ2v) is 6.68. The predicted octanol–water partition coefficient (Wildman–Crippen LogP) is 2.50. The molecule has 0 spiro atoms. The van der Waals surface area contributed by atoms with Gasteiger partial charge in [0.25, 0.3) is 0 Å². The van der Waals surface area contributed by atoms with Crippen molar-refractivity contribution in [2.75, 3.05) is 13.1 Å². The van der Waals surface area contributed by atoms with Gasteiger partial charge in [0.05, 0.1) is 6.42 Å². The van der Waals surface area contributed by atoms with Crippen molar-refractivity contribution in [2.24, 2.45) is 0 Å². The van der Waals surface area contributed by atoms with E-state index < -0.39 is 17.5 Å². The zero-order valence-electron chi connectivity index (χ0n) is 13.5. The first-order chi connectivity index (χ1) is 11.9. The molecule has 1 fully saturated rings. The summed E-state index contributed by atoms with van der Waals surface area (Å²) in [6.45, 7) is 0.254. The average Bonchev–Trinajstić information content (AvgIpc) is 2.61. The van der Waals surface area contributed by atoms with Crippen LogP contribution in [0.1, 0.15) is 17.5 Å². The van der Waals surface area contributed by atoms with Crippen LogP contribution in [0.3, 0.4) is 0 Å². The Morgan fingerprint density at radius 2 is 1.96 bits per heavy atom. The van der Waals surface area contributed by atoms with Crippen molar-refractivity contribution in [3.63, 3.8) is 0 Å². The number of nitrogens with zero attached hydrogens (tertiary/aromatic N) is 1. The van der Waals surface area contributed by atoms with Crippen LogP contribution in [0, 0.1) is 5.82 Å². The van der Waals surface area contributed by atoms with E-state index in [0.717, 1.165) is 0 Å². The molecule has 3 rings (SSSR count). The Morgan fingerprint density at radius 1 is 1.24 bits per heavy atom. The van der Waals surface area contributed by atoms with Crippen molar-refractivity contribution < 1.29 is 19.4 Å². The molecule has 6 heteroatoms. The summed E-state index contributed by atoms with van der Waals surface area (Å²) in [5, 5.41) is 21.5. The molecule has 0 unspecified atom stereocenters. The van der Waals surface area contributed by atoms with Gasteiger partial charge in [-0.2, -0.15) is 0 Å². The number of likely N-dealkylation sites (tertiary alicyclic amines) is 1. The molecule has 0 bridgehead atoms. The van der Waals surface area contributed by atoms with E-state index in [9.17, 15) is 19.4 Å². The van der Waals surface area contributed by atoms with Gasteiger partial charge in [0, 0.05) is 30.1 Å². The number of carbonyl (C=O) groups excluding carboxylic acids is 1. The van der Waals surface area contributed by atoms with E-state index in [0.29, 0.717) is 5.56 Å². The molecular weight excluding hydrogens is 345 g/mol. The fraction of sp³-hybridized carbons (Fsp3) is 0.316. The van der Waals surface area contributed by atoms with E-state index in [4.69, 9.17) is 11.6 Å². The van der Waals surface area contributed by atoms with Crippen molar-refractivity contribution in [2.45, 2.75) is 24.5 Å². The number of hydrogen-bond acceptors (Lipinski definition) is 3. The van der Waals surface area contributed by atoms with Gasteiger partial charge in [-0.3, -0.25) is 4.79 Å². The molecule has 0 saturated carbocycles. The SMILES string of the molecule is O=C(Cc1c(F)cccc1Cl)N1CC[C@](O)(c2ccccc2)[C@@H](O)C1. The monoisotopic (exact) mass is 363 g/mol. The van der Waals surface area contributed by atoms with Crippen LogP contribution in [0.2, 0.25) is 5.02 Å². The highest BCUT2D eigenvalue weighted by atomic mass is 35.5. The number of carbonyl (C=O) groups is 1. The topological polar surface area (TPSA) is 60.8 Å². The van der Waals surface area contributed by atoms with E-state index >= 15 is 0 Å². The van der Waals surface area contributed by atoms with Crippen LogP contribution < -0.4 is 0 Å². The minimum absolute atomic E-state index is 0.0176. The molecule has 2 aromatic carbocycles. The summed E-state index contributed by atoms with van der Waals surface area (Å²) in [5.41, 5.74) is -0.632. The van der Waals surface area contributed by atoms with E-state index in [2.05, 4.69) is 0 Å². The van der Waals surface area contributed by atoms with Crippen LogP contribution in [0.4, 0.5) is 4.39 Å². The fourth-order valence-corrected chi connectivity index (χ4v) is 3.41. The lowest BCUT2D eigenvalue weighted by Gasteiger charge is -2.42. The average molecular weight is 364 g/mol. The molecule has 2 N–H and O–H groups in total. The van der Waals surface area contributed by atoms with Crippen LogP contribution in [-0.4, -0.2) is 40.2 Å². The standard InChI is InChI=1S/C19H19ClFNO3/c20-15-7-4-8-16(21)14(15)11-18(24)22-10-9-19(25,17(23)12-22)13-5-2-1-3-6-13/h1-8,17,23,25H,9-12H2/t17-,19-/m0/s1. The molecule has 0 aliphatic carbocycles. The Kier molecular flexibility index (Phi) is 5.08. The lowest BCUT2D eigenvalue weighted by molar-refractivity contribution is -0.151. The summed E-state index contributed by atoms with van der Waals surface area (Å²) in [4.78, 5) is 13.9.